The van der Waals surface area contributed by atoms with Crippen LogP contribution in [-0.2, 0) is 19.1 Å². The summed E-state index contributed by atoms with van der Waals surface area (Å²) in [6, 6.07) is 0. The summed E-state index contributed by atoms with van der Waals surface area (Å²) in [7, 11) is 0. The maximum absolute atomic E-state index is 12.8. The highest BCUT2D eigenvalue weighted by atomic mass is 16.6. The van der Waals surface area contributed by atoms with Crippen molar-refractivity contribution in [1.82, 2.24) is 0 Å². The highest BCUT2D eigenvalue weighted by molar-refractivity contribution is 6.01. The molecule has 2 unspecified atom stereocenters. The molecule has 1 aliphatic rings. The van der Waals surface area contributed by atoms with Gasteiger partial charge in [0.05, 0.1) is 13.2 Å². The van der Waals surface area contributed by atoms with Crippen LogP contribution < -0.4 is 0 Å². The van der Waals surface area contributed by atoms with Crippen molar-refractivity contribution in [1.29, 1.82) is 0 Å². The van der Waals surface area contributed by atoms with E-state index in [1.165, 1.54) is 0 Å². The average molecular weight is 326 g/mol. The van der Waals surface area contributed by atoms with E-state index < -0.39 is 5.41 Å². The van der Waals surface area contributed by atoms with Gasteiger partial charge in [0.15, 0.2) is 5.41 Å². The van der Waals surface area contributed by atoms with Crippen LogP contribution in [-0.4, -0.2) is 25.2 Å². The Balaban J connectivity index is 3.09. The Morgan fingerprint density at radius 2 is 1.39 bits per heavy atom. The van der Waals surface area contributed by atoms with Gasteiger partial charge in [-0.3, -0.25) is 9.59 Å². The summed E-state index contributed by atoms with van der Waals surface area (Å²) in [5.41, 5.74) is -1.07. The lowest BCUT2D eigenvalue weighted by molar-refractivity contribution is -0.176. The SMILES string of the molecule is CCCOC(=O)C1(C(=O)OCCC)CCC(CCC)C1CCC. The Morgan fingerprint density at radius 1 is 0.870 bits per heavy atom. The Labute approximate surface area is 141 Å². The molecule has 0 aromatic heterocycles. The summed E-state index contributed by atoms with van der Waals surface area (Å²) in [4.78, 5) is 25.7. The van der Waals surface area contributed by atoms with Gasteiger partial charge in [-0.25, -0.2) is 0 Å². The molecule has 1 rings (SSSR count). The summed E-state index contributed by atoms with van der Waals surface area (Å²) < 4.78 is 10.9. The number of hydrogen-bond donors (Lipinski definition) is 0. The first kappa shape index (κ1) is 20.0. The number of hydrogen-bond acceptors (Lipinski definition) is 4. The molecule has 0 aromatic rings. The fourth-order valence-corrected chi connectivity index (χ4v) is 3.95. The summed E-state index contributed by atoms with van der Waals surface area (Å²) in [5.74, 6) is -0.223. The molecule has 0 saturated heterocycles. The van der Waals surface area contributed by atoms with Crippen molar-refractivity contribution in [2.24, 2.45) is 17.3 Å². The molecular formula is C19H34O4. The van der Waals surface area contributed by atoms with E-state index in [9.17, 15) is 9.59 Å². The topological polar surface area (TPSA) is 52.6 Å². The van der Waals surface area contributed by atoms with Crippen molar-refractivity contribution in [3.63, 3.8) is 0 Å². The van der Waals surface area contributed by atoms with Gasteiger partial charge in [-0.2, -0.15) is 0 Å². The van der Waals surface area contributed by atoms with E-state index in [-0.39, 0.29) is 17.9 Å². The number of rotatable bonds is 10. The highest BCUT2D eigenvalue weighted by Gasteiger charge is 2.59. The van der Waals surface area contributed by atoms with Crippen LogP contribution in [0.25, 0.3) is 0 Å². The minimum Gasteiger partial charge on any atom is -0.465 e. The van der Waals surface area contributed by atoms with Crippen molar-refractivity contribution in [2.75, 3.05) is 13.2 Å². The summed E-state index contributed by atoms with van der Waals surface area (Å²) in [5, 5.41) is 0. The fraction of sp³-hybridized carbons (Fsp3) is 0.895. The minimum absolute atomic E-state index is 0.0566. The smallest absolute Gasteiger partial charge is 0.323 e. The second-order valence-electron chi connectivity index (χ2n) is 6.73. The monoisotopic (exact) mass is 326 g/mol. The molecule has 134 valence electrons. The lowest BCUT2D eigenvalue weighted by Gasteiger charge is -2.33. The number of carbonyl (C=O) groups is 2. The van der Waals surface area contributed by atoms with E-state index in [4.69, 9.17) is 9.47 Å². The van der Waals surface area contributed by atoms with Crippen LogP contribution in [0.1, 0.15) is 79.1 Å². The number of esters is 2. The Hall–Kier alpha value is -1.06. The van der Waals surface area contributed by atoms with Crippen LogP contribution in [0.4, 0.5) is 0 Å². The highest BCUT2D eigenvalue weighted by Crippen LogP contribution is 2.52. The first-order chi connectivity index (χ1) is 11.1. The molecule has 23 heavy (non-hydrogen) atoms. The second-order valence-corrected chi connectivity index (χ2v) is 6.73. The maximum Gasteiger partial charge on any atom is 0.323 e. The second kappa shape index (κ2) is 9.94. The molecule has 0 radical (unpaired) electrons. The molecule has 1 saturated carbocycles. The predicted octanol–water partition coefficient (Wildman–Crippen LogP) is 4.51. The summed E-state index contributed by atoms with van der Waals surface area (Å²) in [6.45, 7) is 8.95. The van der Waals surface area contributed by atoms with Crippen LogP contribution in [0.3, 0.4) is 0 Å². The molecule has 0 N–H and O–H groups in total. The van der Waals surface area contributed by atoms with E-state index in [1.54, 1.807) is 0 Å². The van der Waals surface area contributed by atoms with Crippen molar-refractivity contribution in [3.05, 3.63) is 0 Å². The zero-order valence-corrected chi connectivity index (χ0v) is 15.4. The molecule has 0 aromatic carbocycles. The van der Waals surface area contributed by atoms with Gasteiger partial charge in [0.25, 0.3) is 0 Å². The van der Waals surface area contributed by atoms with Crippen LogP contribution in [0.5, 0.6) is 0 Å². The third-order valence-corrected chi connectivity index (χ3v) is 4.97. The molecule has 0 aliphatic heterocycles. The Kier molecular flexibility index (Phi) is 8.64. The Morgan fingerprint density at radius 3 is 1.83 bits per heavy atom. The summed E-state index contributed by atoms with van der Waals surface area (Å²) in [6.07, 6.45) is 7.02. The zero-order valence-electron chi connectivity index (χ0n) is 15.4. The molecule has 2 atom stereocenters. The lowest BCUT2D eigenvalue weighted by atomic mass is 9.72. The third kappa shape index (κ3) is 4.48. The van der Waals surface area contributed by atoms with E-state index in [0.717, 1.165) is 44.9 Å². The molecule has 0 bridgehead atoms. The van der Waals surface area contributed by atoms with Crippen LogP contribution in [0.15, 0.2) is 0 Å². The van der Waals surface area contributed by atoms with E-state index in [0.29, 0.717) is 25.6 Å². The van der Waals surface area contributed by atoms with Gasteiger partial charge in [0.2, 0.25) is 0 Å². The first-order valence-corrected chi connectivity index (χ1v) is 9.42. The molecule has 0 heterocycles. The van der Waals surface area contributed by atoms with Crippen molar-refractivity contribution in [2.45, 2.75) is 79.1 Å². The predicted molar refractivity (Wildman–Crippen MR) is 91.0 cm³/mol. The fourth-order valence-electron chi connectivity index (χ4n) is 3.95. The van der Waals surface area contributed by atoms with Crippen LogP contribution in [0.2, 0.25) is 0 Å². The van der Waals surface area contributed by atoms with Crippen molar-refractivity contribution in [3.8, 4) is 0 Å². The molecule has 0 spiro atoms. The number of carbonyl (C=O) groups excluding carboxylic acids is 2. The number of ether oxygens (including phenoxy) is 2. The quantitative estimate of drug-likeness (QED) is 0.438. The molecular weight excluding hydrogens is 292 g/mol. The van der Waals surface area contributed by atoms with Crippen molar-refractivity contribution >= 4 is 11.9 Å². The van der Waals surface area contributed by atoms with Gasteiger partial charge >= 0.3 is 11.9 Å². The molecule has 4 nitrogen and oxygen atoms in total. The largest absolute Gasteiger partial charge is 0.465 e. The minimum atomic E-state index is -1.07. The van der Waals surface area contributed by atoms with Gasteiger partial charge in [-0.1, -0.05) is 47.0 Å². The average Bonchev–Trinajstić information content (AvgIpc) is 2.91. The first-order valence-electron chi connectivity index (χ1n) is 9.42. The van der Waals surface area contributed by atoms with Gasteiger partial charge in [-0.05, 0) is 43.9 Å². The third-order valence-electron chi connectivity index (χ3n) is 4.97. The standard InChI is InChI=1S/C19H34O4/c1-5-9-15-11-12-19(16(15)10-6-2,17(20)22-13-7-3)18(21)23-14-8-4/h15-16H,5-14H2,1-4H3. The normalized spacial score (nSPS) is 22.8. The van der Waals surface area contributed by atoms with Crippen LogP contribution in [0, 0.1) is 17.3 Å². The van der Waals surface area contributed by atoms with Crippen LogP contribution >= 0.6 is 0 Å². The van der Waals surface area contributed by atoms with E-state index >= 15 is 0 Å². The van der Waals surface area contributed by atoms with Gasteiger partial charge in [0.1, 0.15) is 0 Å². The van der Waals surface area contributed by atoms with E-state index in [2.05, 4.69) is 13.8 Å². The zero-order chi connectivity index (χ0) is 17.3. The molecule has 1 fully saturated rings. The lowest BCUT2D eigenvalue weighted by Crippen LogP contribution is -2.46. The molecule has 0 amide bonds. The van der Waals surface area contributed by atoms with Gasteiger partial charge < -0.3 is 9.47 Å². The van der Waals surface area contributed by atoms with E-state index in [1.807, 2.05) is 13.8 Å². The molecule has 1 aliphatic carbocycles. The summed E-state index contributed by atoms with van der Waals surface area (Å²) >= 11 is 0. The maximum atomic E-state index is 12.8. The van der Waals surface area contributed by atoms with Crippen molar-refractivity contribution < 1.29 is 19.1 Å². The molecule has 4 heteroatoms. The van der Waals surface area contributed by atoms with Gasteiger partial charge in [0, 0.05) is 0 Å². The van der Waals surface area contributed by atoms with Gasteiger partial charge in [-0.15, -0.1) is 0 Å². The Bertz CT molecular complexity index is 358.